The third kappa shape index (κ3) is 3.33. The monoisotopic (exact) mass is 474 g/mol. The zero-order valence-corrected chi connectivity index (χ0v) is 23.0. The van der Waals surface area contributed by atoms with Gasteiger partial charge in [0.15, 0.2) is 12.2 Å². The van der Waals surface area contributed by atoms with E-state index in [0.717, 1.165) is 0 Å². The Hall–Kier alpha value is -2.01. The average molecular weight is 475 g/mol. The fourth-order valence-electron chi connectivity index (χ4n) is 5.94. The minimum atomic E-state index is -1.33. The highest BCUT2D eigenvalue weighted by Gasteiger charge is 2.64. The van der Waals surface area contributed by atoms with Gasteiger partial charge in [-0.3, -0.25) is 0 Å². The molecule has 3 heterocycles. The maximum absolute atomic E-state index is 10.1. The number of rotatable bonds is 3. The standard InChI is InChI=1S/C29H36NOSSi/c1-9-20-24(16(2)3)25-23(15-31)26(25)30-13-12-22-18(5)28(32-29(22)27(20)30)21-11-10-19(14-17(21)4)33(6,7)8/h9-14,23,25-26,31H,15H2,1-8H3/q+1/b20-9+. The summed E-state index contributed by atoms with van der Waals surface area (Å²) < 4.78 is 3.85. The molecule has 0 spiro atoms. The van der Waals surface area contributed by atoms with E-state index in [4.69, 9.17) is 0 Å². The van der Waals surface area contributed by atoms with Gasteiger partial charge in [0.2, 0.25) is 5.69 Å². The van der Waals surface area contributed by atoms with Gasteiger partial charge >= 0.3 is 0 Å². The van der Waals surface area contributed by atoms with Crippen molar-refractivity contribution < 1.29 is 9.67 Å². The number of nitrogens with zero attached hydrogens (tertiary/aromatic N) is 1. The van der Waals surface area contributed by atoms with E-state index in [1.165, 1.54) is 59.3 Å². The Balaban J connectivity index is 1.75. The molecule has 2 aromatic heterocycles. The van der Waals surface area contributed by atoms with Gasteiger partial charge in [-0.2, -0.15) is 4.57 Å². The third-order valence-corrected chi connectivity index (χ3v) is 11.2. The molecular formula is C29H36NOSSi+. The van der Waals surface area contributed by atoms with Crippen LogP contribution in [-0.2, 0) is 0 Å². The smallest absolute Gasteiger partial charge is 0.230 e. The van der Waals surface area contributed by atoms with Crippen LogP contribution in [0.1, 0.15) is 43.6 Å². The Morgan fingerprint density at radius 2 is 1.88 bits per heavy atom. The van der Waals surface area contributed by atoms with Gasteiger partial charge in [-0.05, 0) is 56.9 Å². The van der Waals surface area contributed by atoms with E-state index in [0.29, 0.717) is 17.9 Å². The molecule has 1 saturated carbocycles. The Labute approximate surface area is 203 Å². The first-order chi connectivity index (χ1) is 15.6. The minimum absolute atomic E-state index is 0.255. The zero-order valence-electron chi connectivity index (χ0n) is 21.2. The third-order valence-electron chi connectivity index (χ3n) is 7.77. The summed E-state index contributed by atoms with van der Waals surface area (Å²) in [5, 5.41) is 13.0. The Morgan fingerprint density at radius 3 is 2.45 bits per heavy atom. The van der Waals surface area contributed by atoms with Gasteiger partial charge in [-0.25, -0.2) is 0 Å². The largest absolute Gasteiger partial charge is 0.396 e. The van der Waals surface area contributed by atoms with E-state index in [-0.39, 0.29) is 6.61 Å². The van der Waals surface area contributed by atoms with Crippen LogP contribution in [0.4, 0.5) is 0 Å². The summed E-state index contributed by atoms with van der Waals surface area (Å²) in [6.45, 7) is 18.7. The van der Waals surface area contributed by atoms with E-state index in [9.17, 15) is 5.11 Å². The number of thiophene rings is 1. The topological polar surface area (TPSA) is 24.1 Å². The van der Waals surface area contributed by atoms with Crippen LogP contribution < -0.4 is 9.75 Å². The summed E-state index contributed by atoms with van der Waals surface area (Å²) in [5.41, 5.74) is 9.67. The highest BCUT2D eigenvalue weighted by atomic mass is 32.1. The van der Waals surface area contributed by atoms with Crippen LogP contribution in [0.3, 0.4) is 0 Å². The predicted molar refractivity (Wildman–Crippen MR) is 145 cm³/mol. The van der Waals surface area contributed by atoms with Crippen LogP contribution >= 0.6 is 11.3 Å². The summed E-state index contributed by atoms with van der Waals surface area (Å²) in [6.07, 6.45) is 4.57. The second-order valence-corrected chi connectivity index (χ2v) is 17.2. The van der Waals surface area contributed by atoms with Crippen LogP contribution in [0.15, 0.2) is 47.7 Å². The molecule has 0 amide bonds. The van der Waals surface area contributed by atoms with Crippen molar-refractivity contribution in [1.82, 2.24) is 0 Å². The van der Waals surface area contributed by atoms with E-state index in [1.807, 2.05) is 11.3 Å². The van der Waals surface area contributed by atoms with E-state index < -0.39 is 8.07 Å². The lowest BCUT2D eigenvalue weighted by molar-refractivity contribution is -0.707. The molecule has 0 bridgehead atoms. The number of allylic oxidation sites excluding steroid dienone is 4. The van der Waals surface area contributed by atoms with Crippen LogP contribution in [-0.4, -0.2) is 19.8 Å². The normalized spacial score (nSPS) is 23.1. The zero-order chi connectivity index (χ0) is 23.8. The number of aromatic nitrogens is 1. The highest BCUT2D eigenvalue weighted by molar-refractivity contribution is 7.22. The number of aliphatic hydroxyl groups is 1. The molecule has 1 N–H and O–H groups in total. The molecule has 2 nitrogen and oxygen atoms in total. The number of pyridine rings is 1. The van der Waals surface area contributed by atoms with Crippen LogP contribution in [0.2, 0.25) is 19.6 Å². The molecule has 1 aromatic carbocycles. The second kappa shape index (κ2) is 7.76. The Kier molecular flexibility index (Phi) is 5.35. The lowest BCUT2D eigenvalue weighted by Gasteiger charge is -2.18. The van der Waals surface area contributed by atoms with Gasteiger partial charge in [0.1, 0.15) is 4.70 Å². The first kappa shape index (κ1) is 22.8. The van der Waals surface area contributed by atoms with Gasteiger partial charge in [0.05, 0.1) is 26.5 Å². The molecule has 33 heavy (non-hydrogen) atoms. The van der Waals surface area contributed by atoms with E-state index in [2.05, 4.69) is 95.4 Å². The molecule has 1 aliphatic heterocycles. The Morgan fingerprint density at radius 1 is 1.15 bits per heavy atom. The van der Waals surface area contributed by atoms with Crippen molar-refractivity contribution in [3.8, 4) is 10.4 Å². The lowest BCUT2D eigenvalue weighted by Crippen LogP contribution is -2.41. The molecule has 2 aliphatic rings. The average Bonchev–Trinajstić information content (AvgIpc) is 3.39. The molecule has 0 saturated heterocycles. The molecule has 3 atom stereocenters. The van der Waals surface area contributed by atoms with Crippen molar-refractivity contribution in [2.45, 2.75) is 60.3 Å². The van der Waals surface area contributed by atoms with Crippen molar-refractivity contribution in [2.24, 2.45) is 11.8 Å². The SMILES string of the molecule is C/C=C1\C(=C(C)C)C2C(CO)C2[n+]2ccc3c(C)c(-c4ccc([Si](C)(C)C)cc4C)sc3c21. The molecule has 1 aliphatic carbocycles. The summed E-state index contributed by atoms with van der Waals surface area (Å²) in [5.74, 6) is 0.767. The van der Waals surface area contributed by atoms with Gasteiger partial charge in [-0.15, -0.1) is 11.3 Å². The number of hydrogen-bond acceptors (Lipinski definition) is 2. The van der Waals surface area contributed by atoms with Crippen LogP contribution in [0, 0.1) is 25.7 Å². The van der Waals surface area contributed by atoms with Crippen LogP contribution in [0.25, 0.3) is 26.1 Å². The van der Waals surface area contributed by atoms with Crippen molar-refractivity contribution in [2.75, 3.05) is 6.61 Å². The molecule has 172 valence electrons. The van der Waals surface area contributed by atoms with Crippen molar-refractivity contribution in [1.29, 1.82) is 0 Å². The number of aliphatic hydroxyl groups excluding tert-OH is 1. The summed E-state index contributed by atoms with van der Waals surface area (Å²) in [4.78, 5) is 1.39. The highest BCUT2D eigenvalue weighted by Crippen LogP contribution is 2.59. The number of aryl methyl sites for hydroxylation is 2. The van der Waals surface area contributed by atoms with Crippen molar-refractivity contribution in [3.05, 3.63) is 64.5 Å². The van der Waals surface area contributed by atoms with E-state index in [1.54, 1.807) is 0 Å². The molecule has 3 unspecified atom stereocenters. The molecule has 4 heteroatoms. The molecule has 3 aromatic rings. The lowest BCUT2D eigenvalue weighted by atomic mass is 9.89. The first-order valence-electron chi connectivity index (χ1n) is 12.1. The van der Waals surface area contributed by atoms with Crippen molar-refractivity contribution in [3.63, 3.8) is 0 Å². The van der Waals surface area contributed by atoms with E-state index >= 15 is 0 Å². The molecule has 0 radical (unpaired) electrons. The maximum Gasteiger partial charge on any atom is 0.230 e. The van der Waals surface area contributed by atoms with Gasteiger partial charge in [-0.1, -0.05) is 54.7 Å². The molecule has 5 rings (SSSR count). The summed E-state index contributed by atoms with van der Waals surface area (Å²) in [7, 11) is -1.33. The van der Waals surface area contributed by atoms with Gasteiger partial charge in [0, 0.05) is 21.9 Å². The Bertz CT molecular complexity index is 1350. The fraction of sp³-hybridized carbons (Fsp3) is 0.414. The number of fused-ring (bicyclic) bond motifs is 5. The predicted octanol–water partition coefficient (Wildman–Crippen LogP) is 6.55. The summed E-state index contributed by atoms with van der Waals surface area (Å²) in [6, 6.07) is 9.84. The second-order valence-electron chi connectivity index (χ2n) is 11.1. The molecular weight excluding hydrogens is 438 g/mol. The van der Waals surface area contributed by atoms with Gasteiger partial charge in [0.25, 0.3) is 0 Å². The molecule has 1 fully saturated rings. The first-order valence-corrected chi connectivity index (χ1v) is 16.5. The fourth-order valence-corrected chi connectivity index (χ4v) is 8.63. The summed E-state index contributed by atoms with van der Waals surface area (Å²) >= 11 is 1.95. The van der Waals surface area contributed by atoms with Gasteiger partial charge < -0.3 is 5.11 Å². The quantitative estimate of drug-likeness (QED) is 0.338. The number of benzene rings is 1. The minimum Gasteiger partial charge on any atom is -0.396 e. The number of hydrogen-bond donors (Lipinski definition) is 1. The van der Waals surface area contributed by atoms with Crippen molar-refractivity contribution >= 4 is 40.3 Å². The van der Waals surface area contributed by atoms with Crippen LogP contribution in [0.5, 0.6) is 0 Å². The maximum atomic E-state index is 10.1.